The van der Waals surface area contributed by atoms with Gasteiger partial charge in [-0.05, 0) is 12.8 Å². The molecule has 0 saturated heterocycles. The number of aromatic amines is 1. The zero-order chi connectivity index (χ0) is 13.0. The van der Waals surface area contributed by atoms with E-state index in [4.69, 9.17) is 0 Å². The van der Waals surface area contributed by atoms with Crippen LogP contribution in [0.2, 0.25) is 0 Å². The van der Waals surface area contributed by atoms with Gasteiger partial charge in [0, 0.05) is 18.2 Å². The van der Waals surface area contributed by atoms with Gasteiger partial charge < -0.3 is 10.4 Å². The van der Waals surface area contributed by atoms with Gasteiger partial charge in [0.1, 0.15) is 0 Å². The number of aromatic nitrogens is 1. The molecule has 1 aromatic rings. The predicted octanol–water partition coefficient (Wildman–Crippen LogP) is 1.53. The van der Waals surface area contributed by atoms with Crippen LogP contribution in [0.1, 0.15) is 48.9 Å². The van der Waals surface area contributed by atoms with Crippen LogP contribution in [0.15, 0.2) is 16.9 Å². The Morgan fingerprint density at radius 1 is 1.22 bits per heavy atom. The maximum absolute atomic E-state index is 12.0. The van der Waals surface area contributed by atoms with Crippen LogP contribution in [-0.2, 0) is 0 Å². The van der Waals surface area contributed by atoms with Crippen LogP contribution in [0.3, 0.4) is 0 Å². The van der Waals surface area contributed by atoms with Crippen LogP contribution in [0.4, 0.5) is 0 Å². The summed E-state index contributed by atoms with van der Waals surface area (Å²) in [6.07, 6.45) is 6.68. The quantitative estimate of drug-likeness (QED) is 0.696. The van der Waals surface area contributed by atoms with Crippen molar-refractivity contribution in [1.82, 2.24) is 10.3 Å². The fraction of sp³-hybridized carbons (Fsp3) is 0.538. The fourth-order valence-corrected chi connectivity index (χ4v) is 2.35. The predicted molar refractivity (Wildman–Crippen MR) is 67.7 cm³/mol. The average Bonchev–Trinajstić information content (AvgIpc) is 2.56. The van der Waals surface area contributed by atoms with Gasteiger partial charge in [-0.2, -0.15) is 0 Å². The molecule has 1 aromatic heterocycles. The lowest BCUT2D eigenvalue weighted by Gasteiger charge is -2.16. The van der Waals surface area contributed by atoms with Crippen molar-refractivity contribution in [1.29, 1.82) is 0 Å². The number of hydrogen-bond donors (Lipinski definition) is 3. The third kappa shape index (κ3) is 3.35. The van der Waals surface area contributed by atoms with E-state index < -0.39 is 5.56 Å². The summed E-state index contributed by atoms with van der Waals surface area (Å²) in [5, 5.41) is 12.2. The second kappa shape index (κ2) is 5.71. The average molecular weight is 250 g/mol. The van der Waals surface area contributed by atoms with Crippen molar-refractivity contribution in [2.24, 2.45) is 0 Å². The molecule has 1 heterocycles. The minimum absolute atomic E-state index is 0.182. The Balaban J connectivity index is 2.04. The zero-order valence-corrected chi connectivity index (χ0v) is 10.2. The third-order valence-electron chi connectivity index (χ3n) is 3.28. The highest BCUT2D eigenvalue weighted by Gasteiger charge is 2.16. The Morgan fingerprint density at radius 3 is 2.50 bits per heavy atom. The van der Waals surface area contributed by atoms with Crippen LogP contribution in [0.25, 0.3) is 0 Å². The second-order valence-corrected chi connectivity index (χ2v) is 4.78. The molecule has 0 aliphatic heterocycles. The summed E-state index contributed by atoms with van der Waals surface area (Å²) in [6, 6.07) is 2.65. The number of carbonyl (C=O) groups excluding carboxylic acids is 1. The number of rotatable bonds is 2. The molecular formula is C13H18N2O3. The number of pyridine rings is 1. The maximum atomic E-state index is 12.0. The van der Waals surface area contributed by atoms with Gasteiger partial charge in [0.2, 0.25) is 0 Å². The molecule has 0 unspecified atom stereocenters. The SMILES string of the molecule is O=C(NC1CCCCCC1)c1cc(O)[nH]c(=O)c1. The zero-order valence-electron chi connectivity index (χ0n) is 10.2. The van der Waals surface area contributed by atoms with Gasteiger partial charge >= 0.3 is 0 Å². The van der Waals surface area contributed by atoms with E-state index in [9.17, 15) is 14.7 Å². The van der Waals surface area contributed by atoms with E-state index in [-0.39, 0.29) is 23.4 Å². The summed E-state index contributed by atoms with van der Waals surface area (Å²) in [5.41, 5.74) is -0.262. The number of carbonyl (C=O) groups is 1. The topological polar surface area (TPSA) is 82.2 Å². The maximum Gasteiger partial charge on any atom is 0.251 e. The molecule has 0 bridgehead atoms. The lowest BCUT2D eigenvalue weighted by atomic mass is 10.1. The highest BCUT2D eigenvalue weighted by atomic mass is 16.3. The molecule has 0 spiro atoms. The molecule has 5 heteroatoms. The standard InChI is InChI=1S/C13H18N2O3/c16-11-7-9(8-12(17)15-11)13(18)14-10-5-3-1-2-4-6-10/h7-8,10H,1-6H2,(H,14,18)(H2,15,16,17). The van der Waals surface area contributed by atoms with Crippen molar-refractivity contribution in [3.63, 3.8) is 0 Å². The number of aromatic hydroxyl groups is 1. The van der Waals surface area contributed by atoms with Crippen molar-refractivity contribution < 1.29 is 9.90 Å². The Bertz CT molecular complexity index is 473. The molecule has 1 amide bonds. The Hall–Kier alpha value is -1.78. The van der Waals surface area contributed by atoms with Gasteiger partial charge in [-0.15, -0.1) is 0 Å². The molecule has 0 aromatic carbocycles. The highest BCUT2D eigenvalue weighted by Crippen LogP contribution is 2.17. The van der Waals surface area contributed by atoms with Gasteiger partial charge in [-0.1, -0.05) is 25.7 Å². The van der Waals surface area contributed by atoms with E-state index in [1.54, 1.807) is 0 Å². The van der Waals surface area contributed by atoms with Gasteiger partial charge in [-0.25, -0.2) is 0 Å². The monoisotopic (exact) mass is 250 g/mol. The molecule has 1 fully saturated rings. The van der Waals surface area contributed by atoms with Gasteiger partial charge in [0.15, 0.2) is 5.88 Å². The molecule has 2 rings (SSSR count). The summed E-state index contributed by atoms with van der Waals surface area (Å²) in [6.45, 7) is 0. The molecule has 5 nitrogen and oxygen atoms in total. The van der Waals surface area contributed by atoms with E-state index in [2.05, 4.69) is 10.3 Å². The first kappa shape index (κ1) is 12.7. The number of amides is 1. The summed E-state index contributed by atoms with van der Waals surface area (Å²) in [7, 11) is 0. The smallest absolute Gasteiger partial charge is 0.251 e. The summed E-state index contributed by atoms with van der Waals surface area (Å²) in [4.78, 5) is 25.3. The first-order valence-corrected chi connectivity index (χ1v) is 6.39. The van der Waals surface area contributed by atoms with Crippen LogP contribution in [0.5, 0.6) is 5.88 Å². The Morgan fingerprint density at radius 2 is 1.89 bits per heavy atom. The van der Waals surface area contributed by atoms with Gasteiger partial charge in [-0.3, -0.25) is 14.6 Å². The molecule has 3 N–H and O–H groups in total. The van der Waals surface area contributed by atoms with Gasteiger partial charge in [0.25, 0.3) is 11.5 Å². The first-order valence-electron chi connectivity index (χ1n) is 6.39. The summed E-state index contributed by atoms with van der Waals surface area (Å²) in [5.74, 6) is -0.572. The minimum Gasteiger partial charge on any atom is -0.494 e. The van der Waals surface area contributed by atoms with Crippen LogP contribution in [-0.4, -0.2) is 22.0 Å². The largest absolute Gasteiger partial charge is 0.494 e. The van der Waals surface area contributed by atoms with Crippen molar-refractivity contribution in [2.75, 3.05) is 0 Å². The lowest BCUT2D eigenvalue weighted by Crippen LogP contribution is -2.34. The fourth-order valence-electron chi connectivity index (χ4n) is 2.35. The molecule has 1 saturated carbocycles. The van der Waals surface area contributed by atoms with Gasteiger partial charge in [0.05, 0.1) is 5.56 Å². The normalized spacial score (nSPS) is 17.1. The van der Waals surface area contributed by atoms with E-state index in [1.807, 2.05) is 0 Å². The Labute approximate surface area is 105 Å². The van der Waals surface area contributed by atoms with Crippen molar-refractivity contribution in [3.05, 3.63) is 28.0 Å². The lowest BCUT2D eigenvalue weighted by molar-refractivity contribution is 0.0932. The second-order valence-electron chi connectivity index (χ2n) is 4.78. The van der Waals surface area contributed by atoms with Crippen molar-refractivity contribution in [3.8, 4) is 5.88 Å². The summed E-state index contributed by atoms with van der Waals surface area (Å²) < 4.78 is 0. The Kier molecular flexibility index (Phi) is 4.02. The van der Waals surface area contributed by atoms with E-state index in [0.29, 0.717) is 0 Å². The van der Waals surface area contributed by atoms with Crippen LogP contribution < -0.4 is 10.9 Å². The summed E-state index contributed by atoms with van der Waals surface area (Å²) >= 11 is 0. The van der Waals surface area contributed by atoms with Crippen molar-refractivity contribution >= 4 is 5.91 Å². The van der Waals surface area contributed by atoms with Crippen LogP contribution >= 0.6 is 0 Å². The minimum atomic E-state index is -0.471. The molecular weight excluding hydrogens is 232 g/mol. The number of hydrogen-bond acceptors (Lipinski definition) is 3. The molecule has 0 atom stereocenters. The number of nitrogens with one attached hydrogen (secondary N) is 2. The molecule has 1 aliphatic carbocycles. The van der Waals surface area contributed by atoms with Crippen molar-refractivity contribution in [2.45, 2.75) is 44.6 Å². The van der Waals surface area contributed by atoms with E-state index in [1.165, 1.54) is 25.0 Å². The van der Waals surface area contributed by atoms with E-state index in [0.717, 1.165) is 25.7 Å². The molecule has 1 aliphatic rings. The van der Waals surface area contributed by atoms with Crippen LogP contribution in [0, 0.1) is 0 Å². The highest BCUT2D eigenvalue weighted by molar-refractivity contribution is 5.94. The number of H-pyrrole nitrogens is 1. The first-order chi connectivity index (χ1) is 8.65. The third-order valence-corrected chi connectivity index (χ3v) is 3.28. The molecule has 98 valence electrons. The molecule has 18 heavy (non-hydrogen) atoms. The van der Waals surface area contributed by atoms with E-state index >= 15 is 0 Å². The molecule has 0 radical (unpaired) electrons.